The lowest BCUT2D eigenvalue weighted by Gasteiger charge is -1.97. The molecule has 0 aliphatic rings. The molecule has 0 saturated heterocycles. The van der Waals surface area contributed by atoms with E-state index in [4.69, 9.17) is 23.2 Å². The van der Waals surface area contributed by atoms with Gasteiger partial charge >= 0.3 is 0 Å². The molecule has 2 heterocycles. The molecule has 0 bridgehead atoms. The van der Waals surface area contributed by atoms with E-state index in [1.807, 2.05) is 0 Å². The molecule has 0 aliphatic heterocycles. The first-order valence-corrected chi connectivity index (χ1v) is 6.95. The van der Waals surface area contributed by atoms with E-state index in [2.05, 4.69) is 10.2 Å². The molecule has 0 unspecified atom stereocenters. The Labute approximate surface area is 121 Å². The van der Waals surface area contributed by atoms with Gasteiger partial charge in [0.1, 0.15) is 5.82 Å². The Hall–Kier alpha value is -1.43. The maximum atomic E-state index is 12.2. The summed E-state index contributed by atoms with van der Waals surface area (Å²) >= 11 is 13.2. The Morgan fingerprint density at radius 2 is 2.11 bits per heavy atom. The number of aromatic nitrogens is 3. The van der Waals surface area contributed by atoms with Gasteiger partial charge in [-0.25, -0.2) is 4.40 Å². The van der Waals surface area contributed by atoms with Gasteiger partial charge in [-0.3, -0.25) is 4.79 Å². The molecule has 0 radical (unpaired) electrons. The standard InChI is InChI=1S/C12H7Cl2N3OS/c1-6-15-16-12-17(6)11(18)10(19-12)4-7-2-3-8(13)5-9(7)14/h2-5H,1H3/b10-4-. The third-order valence-electron chi connectivity index (χ3n) is 2.66. The monoisotopic (exact) mass is 311 g/mol. The summed E-state index contributed by atoms with van der Waals surface area (Å²) in [6.45, 7) is 1.74. The van der Waals surface area contributed by atoms with Crippen molar-refractivity contribution in [3.05, 3.63) is 54.5 Å². The van der Waals surface area contributed by atoms with Crippen molar-refractivity contribution in [1.82, 2.24) is 14.6 Å². The van der Waals surface area contributed by atoms with Crippen LogP contribution in [0.2, 0.25) is 10.0 Å². The van der Waals surface area contributed by atoms with Crippen LogP contribution in [0.15, 0.2) is 23.0 Å². The molecule has 3 aromatic rings. The van der Waals surface area contributed by atoms with Gasteiger partial charge in [-0.05, 0) is 30.7 Å². The molecule has 0 amide bonds. The second-order valence-electron chi connectivity index (χ2n) is 3.95. The van der Waals surface area contributed by atoms with Crippen LogP contribution >= 0.6 is 34.5 Å². The Balaban J connectivity index is 2.26. The fraction of sp³-hybridized carbons (Fsp3) is 0.0833. The SMILES string of the molecule is Cc1nnc2s/c(=C\c3ccc(Cl)cc3Cl)c(=O)n12. The minimum Gasteiger partial charge on any atom is -0.267 e. The zero-order valence-electron chi connectivity index (χ0n) is 9.72. The zero-order chi connectivity index (χ0) is 13.6. The lowest BCUT2D eigenvalue weighted by Crippen LogP contribution is -2.23. The van der Waals surface area contributed by atoms with Crippen LogP contribution in [0.25, 0.3) is 11.0 Å². The van der Waals surface area contributed by atoms with Gasteiger partial charge in [0.05, 0.1) is 4.53 Å². The number of thiazole rings is 1. The number of aryl methyl sites for hydroxylation is 1. The highest BCUT2D eigenvalue weighted by Gasteiger charge is 2.09. The number of nitrogens with zero attached hydrogens (tertiary/aromatic N) is 3. The Kier molecular flexibility index (Phi) is 3.05. The molecule has 1 aromatic carbocycles. The predicted octanol–water partition coefficient (Wildman–Crippen LogP) is 2.31. The molecule has 96 valence electrons. The summed E-state index contributed by atoms with van der Waals surface area (Å²) in [4.78, 5) is 12.8. The second-order valence-corrected chi connectivity index (χ2v) is 5.80. The van der Waals surface area contributed by atoms with Crippen LogP contribution in [-0.2, 0) is 0 Å². The third kappa shape index (κ3) is 2.14. The lowest BCUT2D eigenvalue weighted by molar-refractivity contribution is 0.984. The molecular formula is C12H7Cl2N3OS. The maximum Gasteiger partial charge on any atom is 0.275 e. The minimum absolute atomic E-state index is 0.131. The molecule has 3 rings (SSSR count). The molecule has 4 nitrogen and oxygen atoms in total. The van der Waals surface area contributed by atoms with Gasteiger partial charge in [-0.2, -0.15) is 0 Å². The fourth-order valence-electron chi connectivity index (χ4n) is 1.75. The summed E-state index contributed by atoms with van der Waals surface area (Å²) < 4.78 is 2.05. The highest BCUT2D eigenvalue weighted by Crippen LogP contribution is 2.21. The summed E-state index contributed by atoms with van der Waals surface area (Å²) in [7, 11) is 0. The molecule has 0 saturated carbocycles. The van der Waals surface area contributed by atoms with Crippen LogP contribution in [-0.4, -0.2) is 14.6 Å². The molecule has 7 heteroatoms. The summed E-state index contributed by atoms with van der Waals surface area (Å²) in [5, 5.41) is 8.86. The first kappa shape index (κ1) is 12.6. The number of hydrogen-bond acceptors (Lipinski definition) is 4. The zero-order valence-corrected chi connectivity index (χ0v) is 12.1. The van der Waals surface area contributed by atoms with Crippen molar-refractivity contribution < 1.29 is 0 Å². The average Bonchev–Trinajstić information content (AvgIpc) is 2.86. The van der Waals surface area contributed by atoms with Crippen molar-refractivity contribution >= 4 is 45.6 Å². The summed E-state index contributed by atoms with van der Waals surface area (Å²) in [6, 6.07) is 5.15. The van der Waals surface area contributed by atoms with Gasteiger partial charge in [0.25, 0.3) is 5.56 Å². The number of hydrogen-bond donors (Lipinski definition) is 0. The van der Waals surface area contributed by atoms with Crippen LogP contribution in [0, 0.1) is 6.92 Å². The van der Waals surface area contributed by atoms with Crippen LogP contribution < -0.4 is 10.1 Å². The molecule has 0 fully saturated rings. The number of rotatable bonds is 1. The van der Waals surface area contributed by atoms with E-state index in [0.717, 1.165) is 5.56 Å². The number of halogens is 2. The first-order valence-electron chi connectivity index (χ1n) is 5.37. The summed E-state index contributed by atoms with van der Waals surface area (Å²) in [6.07, 6.45) is 1.74. The average molecular weight is 312 g/mol. The Morgan fingerprint density at radius 3 is 2.79 bits per heavy atom. The van der Waals surface area contributed by atoms with E-state index >= 15 is 0 Å². The van der Waals surface area contributed by atoms with Crippen molar-refractivity contribution in [1.29, 1.82) is 0 Å². The number of benzene rings is 1. The van der Waals surface area contributed by atoms with E-state index in [1.165, 1.54) is 15.7 Å². The van der Waals surface area contributed by atoms with Crippen molar-refractivity contribution in [3.8, 4) is 0 Å². The summed E-state index contributed by atoms with van der Waals surface area (Å²) in [5.41, 5.74) is 0.617. The second kappa shape index (κ2) is 4.59. The Morgan fingerprint density at radius 1 is 1.32 bits per heavy atom. The highest BCUT2D eigenvalue weighted by atomic mass is 35.5. The van der Waals surface area contributed by atoms with Gasteiger partial charge in [-0.1, -0.05) is 40.6 Å². The van der Waals surface area contributed by atoms with Crippen molar-refractivity contribution in [2.24, 2.45) is 0 Å². The van der Waals surface area contributed by atoms with Crippen molar-refractivity contribution in [2.45, 2.75) is 6.92 Å². The molecular weight excluding hydrogens is 305 g/mol. The molecule has 0 atom stereocenters. The molecule has 0 N–H and O–H groups in total. The highest BCUT2D eigenvalue weighted by molar-refractivity contribution is 7.15. The van der Waals surface area contributed by atoms with E-state index in [-0.39, 0.29) is 5.56 Å². The van der Waals surface area contributed by atoms with Gasteiger partial charge in [0.2, 0.25) is 4.96 Å². The van der Waals surface area contributed by atoms with Crippen molar-refractivity contribution in [3.63, 3.8) is 0 Å². The van der Waals surface area contributed by atoms with Gasteiger partial charge in [-0.15, -0.1) is 10.2 Å². The van der Waals surface area contributed by atoms with Gasteiger partial charge < -0.3 is 0 Å². The van der Waals surface area contributed by atoms with E-state index in [9.17, 15) is 4.79 Å². The van der Waals surface area contributed by atoms with Crippen LogP contribution in [0.4, 0.5) is 0 Å². The van der Waals surface area contributed by atoms with E-state index in [0.29, 0.717) is 25.4 Å². The number of fused-ring (bicyclic) bond motifs is 1. The largest absolute Gasteiger partial charge is 0.275 e. The normalized spacial score (nSPS) is 12.5. The smallest absolute Gasteiger partial charge is 0.267 e. The van der Waals surface area contributed by atoms with Gasteiger partial charge in [0.15, 0.2) is 0 Å². The van der Waals surface area contributed by atoms with Gasteiger partial charge in [0, 0.05) is 10.0 Å². The van der Waals surface area contributed by atoms with Crippen molar-refractivity contribution in [2.75, 3.05) is 0 Å². The molecule has 2 aromatic heterocycles. The lowest BCUT2D eigenvalue weighted by atomic mass is 10.2. The first-order chi connectivity index (χ1) is 9.06. The Bertz CT molecular complexity index is 884. The van der Waals surface area contributed by atoms with Crippen LogP contribution in [0.3, 0.4) is 0 Å². The topological polar surface area (TPSA) is 47.3 Å². The van der Waals surface area contributed by atoms with Crippen LogP contribution in [0.5, 0.6) is 0 Å². The quantitative estimate of drug-likeness (QED) is 0.693. The predicted molar refractivity (Wildman–Crippen MR) is 77.1 cm³/mol. The molecule has 0 aliphatic carbocycles. The fourth-order valence-corrected chi connectivity index (χ4v) is 3.16. The molecule has 19 heavy (non-hydrogen) atoms. The van der Waals surface area contributed by atoms with E-state index < -0.39 is 0 Å². The minimum atomic E-state index is -0.131. The van der Waals surface area contributed by atoms with E-state index in [1.54, 1.807) is 31.2 Å². The third-order valence-corrected chi connectivity index (χ3v) is 4.18. The van der Waals surface area contributed by atoms with Crippen LogP contribution in [0.1, 0.15) is 11.4 Å². The molecule has 0 spiro atoms. The maximum absolute atomic E-state index is 12.2. The summed E-state index contributed by atoms with van der Waals surface area (Å²) in [5.74, 6) is 0.582.